The van der Waals surface area contributed by atoms with Crippen LogP contribution < -0.4 is 10.1 Å². The highest BCUT2D eigenvalue weighted by atomic mass is 35.5. The Morgan fingerprint density at radius 1 is 1.15 bits per heavy atom. The molecule has 0 aliphatic carbocycles. The molecule has 2 aromatic carbocycles. The van der Waals surface area contributed by atoms with Crippen LogP contribution in [0.5, 0.6) is 5.75 Å². The predicted molar refractivity (Wildman–Crippen MR) is 92.5 cm³/mol. The molecule has 138 valence electrons. The van der Waals surface area contributed by atoms with Gasteiger partial charge in [-0.05, 0) is 37.3 Å². The number of para-hydroxylation sites is 1. The number of nitrogens with one attached hydrogen (secondary N) is 1. The van der Waals surface area contributed by atoms with E-state index in [1.54, 1.807) is 0 Å². The molecule has 0 heterocycles. The first-order valence-corrected chi connectivity index (χ1v) is 8.05. The van der Waals surface area contributed by atoms with Crippen LogP contribution in [0, 0.1) is 11.6 Å². The van der Waals surface area contributed by atoms with Gasteiger partial charge in [-0.2, -0.15) is 0 Å². The number of hydrogen-bond donors (Lipinski definition) is 1. The van der Waals surface area contributed by atoms with Crippen molar-refractivity contribution in [3.05, 3.63) is 58.1 Å². The Morgan fingerprint density at radius 3 is 2.42 bits per heavy atom. The molecule has 0 fully saturated rings. The predicted octanol–water partition coefficient (Wildman–Crippen LogP) is 4.22. The molecule has 2 aromatic rings. The topological polar surface area (TPSA) is 64.6 Å². The van der Waals surface area contributed by atoms with E-state index in [0.717, 1.165) is 18.2 Å². The van der Waals surface area contributed by atoms with Crippen LogP contribution in [0.3, 0.4) is 0 Å². The molecule has 0 saturated heterocycles. The number of anilines is 1. The Labute approximate surface area is 157 Å². The number of esters is 1. The van der Waals surface area contributed by atoms with Crippen LogP contribution in [0.2, 0.25) is 10.0 Å². The number of rotatable bonds is 6. The molecule has 0 aromatic heterocycles. The van der Waals surface area contributed by atoms with Gasteiger partial charge in [0.25, 0.3) is 5.91 Å². The highest BCUT2D eigenvalue weighted by Gasteiger charge is 2.20. The van der Waals surface area contributed by atoms with E-state index in [2.05, 4.69) is 0 Å². The number of halogens is 4. The summed E-state index contributed by atoms with van der Waals surface area (Å²) in [6.07, 6.45) is -1.08. The average molecular weight is 404 g/mol. The smallest absolute Gasteiger partial charge is 0.347 e. The molecule has 1 amide bonds. The fraction of sp³-hybridized carbons (Fsp3) is 0.176. The third kappa shape index (κ3) is 5.31. The fourth-order valence-electron chi connectivity index (χ4n) is 1.86. The van der Waals surface area contributed by atoms with Crippen LogP contribution in [-0.4, -0.2) is 24.6 Å². The van der Waals surface area contributed by atoms with E-state index in [4.69, 9.17) is 32.7 Å². The minimum Gasteiger partial charge on any atom is -0.477 e. The van der Waals surface area contributed by atoms with Crippen LogP contribution in [0.15, 0.2) is 36.4 Å². The minimum absolute atomic E-state index is 0.199. The molecular formula is C17H13Cl2F2NO4. The SMILES string of the molecule is C[C@H](Oc1ccc(Cl)cc1Cl)C(=O)OCC(=O)Nc1c(F)cccc1F. The van der Waals surface area contributed by atoms with Gasteiger partial charge in [0.1, 0.15) is 23.1 Å². The maximum Gasteiger partial charge on any atom is 0.347 e. The van der Waals surface area contributed by atoms with E-state index >= 15 is 0 Å². The molecule has 0 aliphatic rings. The average Bonchev–Trinajstić information content (AvgIpc) is 2.58. The van der Waals surface area contributed by atoms with Gasteiger partial charge in [0.05, 0.1) is 5.02 Å². The van der Waals surface area contributed by atoms with E-state index in [0.29, 0.717) is 5.02 Å². The van der Waals surface area contributed by atoms with Crippen molar-refractivity contribution in [2.75, 3.05) is 11.9 Å². The zero-order valence-corrected chi connectivity index (χ0v) is 14.9. The van der Waals surface area contributed by atoms with Crippen LogP contribution in [-0.2, 0) is 14.3 Å². The second-order valence-corrected chi connectivity index (χ2v) is 5.93. The largest absolute Gasteiger partial charge is 0.477 e. The molecule has 0 radical (unpaired) electrons. The van der Waals surface area contributed by atoms with Crippen molar-refractivity contribution in [2.45, 2.75) is 13.0 Å². The van der Waals surface area contributed by atoms with Crippen molar-refractivity contribution in [1.29, 1.82) is 0 Å². The Morgan fingerprint density at radius 2 is 1.81 bits per heavy atom. The van der Waals surface area contributed by atoms with Crippen molar-refractivity contribution in [3.8, 4) is 5.75 Å². The molecular weight excluding hydrogens is 391 g/mol. The third-order valence-electron chi connectivity index (χ3n) is 3.10. The van der Waals surface area contributed by atoms with Crippen LogP contribution >= 0.6 is 23.2 Å². The normalized spacial score (nSPS) is 11.6. The van der Waals surface area contributed by atoms with Crippen molar-refractivity contribution >= 4 is 40.8 Å². The van der Waals surface area contributed by atoms with Crippen LogP contribution in [0.4, 0.5) is 14.5 Å². The van der Waals surface area contributed by atoms with Gasteiger partial charge in [-0.25, -0.2) is 13.6 Å². The van der Waals surface area contributed by atoms with Gasteiger partial charge in [-0.15, -0.1) is 0 Å². The van der Waals surface area contributed by atoms with E-state index in [1.807, 2.05) is 5.32 Å². The van der Waals surface area contributed by atoms with E-state index in [1.165, 1.54) is 25.1 Å². The molecule has 2 rings (SSSR count). The molecule has 0 aliphatic heterocycles. The van der Waals surface area contributed by atoms with Gasteiger partial charge in [0.15, 0.2) is 12.7 Å². The summed E-state index contributed by atoms with van der Waals surface area (Å²) in [5, 5.41) is 2.59. The second kappa shape index (κ2) is 8.82. The van der Waals surface area contributed by atoms with Crippen molar-refractivity contribution in [2.24, 2.45) is 0 Å². The summed E-state index contributed by atoms with van der Waals surface area (Å²) in [6.45, 7) is 0.649. The number of benzene rings is 2. The van der Waals surface area contributed by atoms with Crippen molar-refractivity contribution < 1.29 is 27.8 Å². The first-order chi connectivity index (χ1) is 12.3. The zero-order valence-electron chi connectivity index (χ0n) is 13.4. The Balaban J connectivity index is 1.88. The lowest BCUT2D eigenvalue weighted by molar-refractivity contribution is -0.153. The molecule has 0 saturated carbocycles. The minimum atomic E-state index is -1.08. The zero-order chi connectivity index (χ0) is 19.3. The molecule has 1 N–H and O–H groups in total. The standard InChI is InChI=1S/C17H13Cl2F2NO4/c1-9(26-14-6-5-10(18)7-11(14)19)17(24)25-8-15(23)22-16-12(20)3-2-4-13(16)21/h2-7,9H,8H2,1H3,(H,22,23)/t9-/m0/s1. The van der Waals surface area contributed by atoms with Gasteiger partial charge in [-0.1, -0.05) is 29.3 Å². The molecule has 0 bridgehead atoms. The number of carbonyl (C=O) groups excluding carboxylic acids is 2. The summed E-state index contributed by atoms with van der Waals surface area (Å²) in [4.78, 5) is 23.6. The molecule has 1 atom stereocenters. The summed E-state index contributed by atoms with van der Waals surface area (Å²) >= 11 is 11.7. The fourth-order valence-corrected chi connectivity index (χ4v) is 2.31. The summed E-state index contributed by atoms with van der Waals surface area (Å²) in [5.74, 6) is -3.45. The highest BCUT2D eigenvalue weighted by Crippen LogP contribution is 2.28. The quantitative estimate of drug-likeness (QED) is 0.733. The summed E-state index contributed by atoms with van der Waals surface area (Å²) in [5.41, 5.74) is -0.620. The van der Waals surface area contributed by atoms with E-state index in [9.17, 15) is 18.4 Å². The van der Waals surface area contributed by atoms with Gasteiger partial charge in [0, 0.05) is 5.02 Å². The molecule has 26 heavy (non-hydrogen) atoms. The lowest BCUT2D eigenvalue weighted by atomic mass is 10.3. The lowest BCUT2D eigenvalue weighted by Gasteiger charge is -2.15. The molecule has 0 spiro atoms. The number of ether oxygens (including phenoxy) is 2. The Kier molecular flexibility index (Phi) is 6.76. The summed E-state index contributed by atoms with van der Waals surface area (Å²) in [6, 6.07) is 7.56. The first kappa shape index (κ1) is 19.9. The van der Waals surface area contributed by atoms with E-state index in [-0.39, 0.29) is 10.8 Å². The van der Waals surface area contributed by atoms with Crippen LogP contribution in [0.1, 0.15) is 6.92 Å². The van der Waals surface area contributed by atoms with E-state index < -0.39 is 41.9 Å². The maximum atomic E-state index is 13.4. The Hall–Kier alpha value is -2.38. The first-order valence-electron chi connectivity index (χ1n) is 7.30. The van der Waals surface area contributed by atoms with Gasteiger partial charge < -0.3 is 14.8 Å². The van der Waals surface area contributed by atoms with Gasteiger partial charge in [-0.3, -0.25) is 4.79 Å². The van der Waals surface area contributed by atoms with Crippen molar-refractivity contribution in [1.82, 2.24) is 0 Å². The molecule has 0 unspecified atom stereocenters. The molecule has 5 nitrogen and oxygen atoms in total. The third-order valence-corrected chi connectivity index (χ3v) is 3.63. The second-order valence-electron chi connectivity index (χ2n) is 5.09. The lowest BCUT2D eigenvalue weighted by Crippen LogP contribution is -2.30. The number of amides is 1. The Bertz CT molecular complexity index is 812. The maximum absolute atomic E-state index is 13.4. The molecule has 9 heteroatoms. The van der Waals surface area contributed by atoms with Gasteiger partial charge >= 0.3 is 5.97 Å². The number of hydrogen-bond acceptors (Lipinski definition) is 4. The summed E-state index contributed by atoms with van der Waals surface area (Å²) < 4.78 is 37.0. The monoisotopic (exact) mass is 403 g/mol. The number of carbonyl (C=O) groups is 2. The highest BCUT2D eigenvalue weighted by molar-refractivity contribution is 6.35. The van der Waals surface area contributed by atoms with Gasteiger partial charge in [0.2, 0.25) is 0 Å². The van der Waals surface area contributed by atoms with Crippen LogP contribution in [0.25, 0.3) is 0 Å². The summed E-state index contributed by atoms with van der Waals surface area (Å²) in [7, 11) is 0. The van der Waals surface area contributed by atoms with Crippen molar-refractivity contribution in [3.63, 3.8) is 0 Å².